The van der Waals surface area contributed by atoms with Crippen LogP contribution in [0.2, 0.25) is 0 Å². The second-order valence-corrected chi connectivity index (χ2v) is 5.09. The van der Waals surface area contributed by atoms with E-state index in [1.807, 2.05) is 0 Å². The summed E-state index contributed by atoms with van der Waals surface area (Å²) in [4.78, 5) is 23.2. The molecule has 0 aliphatic heterocycles. The first kappa shape index (κ1) is 14.7. The summed E-state index contributed by atoms with van der Waals surface area (Å²) in [6.45, 7) is 4.65. The van der Waals surface area contributed by atoms with Gasteiger partial charge in [0.2, 0.25) is 0 Å². The van der Waals surface area contributed by atoms with Crippen molar-refractivity contribution in [3.8, 4) is 0 Å². The molecule has 0 radical (unpaired) electrons. The van der Waals surface area contributed by atoms with E-state index in [1.165, 1.54) is 0 Å². The Balaban J connectivity index is 0. The Morgan fingerprint density at radius 2 is 1.17 bits per heavy atom. The molecule has 0 spiro atoms. The molecular formula is C6H18O5P+. The molecular weight excluding hydrogens is 183 g/mol. The minimum atomic E-state index is -3.39. The Labute approximate surface area is 72.9 Å². The van der Waals surface area contributed by atoms with E-state index in [9.17, 15) is 0 Å². The molecule has 0 saturated heterocycles. The lowest BCUT2D eigenvalue weighted by atomic mass is 9.97. The second kappa shape index (κ2) is 5.80. The van der Waals surface area contributed by atoms with Gasteiger partial charge in [-0.15, -0.1) is 0 Å². The van der Waals surface area contributed by atoms with Gasteiger partial charge in [0, 0.05) is 5.41 Å². The minimum Gasteiger partial charge on any atom is -0.396 e. The van der Waals surface area contributed by atoms with Gasteiger partial charge in [0.05, 0.1) is 13.2 Å². The summed E-state index contributed by atoms with van der Waals surface area (Å²) in [5, 5.41) is 16.9. The molecule has 5 N–H and O–H groups in total. The van der Waals surface area contributed by atoms with E-state index in [-0.39, 0.29) is 18.6 Å². The third kappa shape index (κ3) is 22.5. The van der Waals surface area contributed by atoms with Crippen molar-refractivity contribution in [3.63, 3.8) is 0 Å². The smallest absolute Gasteiger partial charge is 0.396 e. The molecule has 0 fully saturated rings. The average molecular weight is 201 g/mol. The molecule has 0 aromatic heterocycles. The van der Waals surface area contributed by atoms with Crippen LogP contribution in [0.4, 0.5) is 0 Å². The lowest BCUT2D eigenvalue weighted by molar-refractivity contribution is 0.0857. The molecule has 6 heteroatoms. The fourth-order valence-electron chi connectivity index (χ4n) is 0.0500. The average Bonchev–Trinajstić information content (AvgIpc) is 1.85. The van der Waals surface area contributed by atoms with E-state index in [2.05, 4.69) is 0 Å². The third-order valence-corrected chi connectivity index (χ3v) is 0.856. The van der Waals surface area contributed by atoms with Crippen molar-refractivity contribution in [3.05, 3.63) is 0 Å². The van der Waals surface area contributed by atoms with Crippen LogP contribution in [-0.4, -0.2) is 44.8 Å². The molecule has 0 saturated carbocycles. The summed E-state index contributed by atoms with van der Waals surface area (Å²) in [7, 11) is -3.39. The summed E-state index contributed by atoms with van der Waals surface area (Å²) in [6, 6.07) is 0. The highest BCUT2D eigenvalue weighted by Gasteiger charge is 2.17. The SMILES string of the molecule is CC(C)(CO)CO.C[P+](O)(O)O. The van der Waals surface area contributed by atoms with Crippen LogP contribution in [0.5, 0.6) is 0 Å². The quantitative estimate of drug-likeness (QED) is 0.382. The lowest BCUT2D eigenvalue weighted by Crippen LogP contribution is -2.20. The summed E-state index contributed by atoms with van der Waals surface area (Å²) < 4.78 is 0. The van der Waals surface area contributed by atoms with Crippen molar-refractivity contribution in [1.82, 2.24) is 0 Å². The number of hydrogen-bond acceptors (Lipinski definition) is 5. The van der Waals surface area contributed by atoms with Crippen LogP contribution in [0, 0.1) is 5.41 Å². The van der Waals surface area contributed by atoms with Crippen LogP contribution in [0.15, 0.2) is 0 Å². The van der Waals surface area contributed by atoms with E-state index in [0.717, 1.165) is 6.66 Å². The van der Waals surface area contributed by atoms with Crippen molar-refractivity contribution in [2.24, 2.45) is 5.41 Å². The largest absolute Gasteiger partial charge is 0.400 e. The van der Waals surface area contributed by atoms with Gasteiger partial charge in [-0.1, -0.05) is 13.8 Å². The normalized spacial score (nSPS) is 12.0. The number of hydrogen-bond donors (Lipinski definition) is 5. The first-order valence-corrected chi connectivity index (χ1v) is 5.48. The zero-order valence-corrected chi connectivity index (χ0v) is 8.49. The van der Waals surface area contributed by atoms with Crippen LogP contribution >= 0.6 is 7.94 Å². The van der Waals surface area contributed by atoms with Crippen LogP contribution in [0.3, 0.4) is 0 Å². The fraction of sp³-hybridized carbons (Fsp3) is 1.00. The van der Waals surface area contributed by atoms with Gasteiger partial charge >= 0.3 is 7.94 Å². The maximum absolute atomic E-state index is 8.43. The lowest BCUT2D eigenvalue weighted by Gasteiger charge is -2.16. The Hall–Kier alpha value is 0.230. The van der Waals surface area contributed by atoms with E-state index >= 15 is 0 Å². The number of aliphatic hydroxyl groups is 2. The molecule has 0 bridgehead atoms. The van der Waals surface area contributed by atoms with Crippen molar-refractivity contribution >= 4 is 7.94 Å². The van der Waals surface area contributed by atoms with Crippen molar-refractivity contribution in [2.75, 3.05) is 19.9 Å². The third-order valence-electron chi connectivity index (χ3n) is 0.856. The Morgan fingerprint density at radius 1 is 1.00 bits per heavy atom. The van der Waals surface area contributed by atoms with Crippen LogP contribution < -0.4 is 0 Å². The van der Waals surface area contributed by atoms with E-state index < -0.39 is 7.94 Å². The Kier molecular flexibility index (Phi) is 7.13. The molecule has 0 heterocycles. The van der Waals surface area contributed by atoms with Crippen molar-refractivity contribution in [2.45, 2.75) is 13.8 Å². The zero-order valence-electron chi connectivity index (χ0n) is 7.60. The molecule has 0 amide bonds. The van der Waals surface area contributed by atoms with Crippen LogP contribution in [-0.2, 0) is 0 Å². The van der Waals surface area contributed by atoms with Gasteiger partial charge in [0.15, 0.2) is 0 Å². The highest BCUT2D eigenvalue weighted by molar-refractivity contribution is 7.57. The van der Waals surface area contributed by atoms with Crippen LogP contribution in [0.25, 0.3) is 0 Å². The van der Waals surface area contributed by atoms with Gasteiger partial charge in [0.1, 0.15) is 6.66 Å². The highest BCUT2D eigenvalue weighted by Crippen LogP contribution is 2.38. The predicted octanol–water partition coefficient (Wildman–Crippen LogP) is -0.647. The number of aliphatic hydroxyl groups excluding tert-OH is 2. The fourth-order valence-corrected chi connectivity index (χ4v) is 0.0500. The van der Waals surface area contributed by atoms with E-state index in [0.29, 0.717) is 0 Å². The monoisotopic (exact) mass is 201 g/mol. The highest BCUT2D eigenvalue weighted by atomic mass is 31.2. The van der Waals surface area contributed by atoms with Gasteiger partial charge in [-0.2, -0.15) is 14.7 Å². The van der Waals surface area contributed by atoms with Gasteiger partial charge in [-0.25, -0.2) is 0 Å². The van der Waals surface area contributed by atoms with Crippen LogP contribution in [0.1, 0.15) is 13.8 Å². The van der Waals surface area contributed by atoms with E-state index in [4.69, 9.17) is 24.9 Å². The first-order chi connectivity index (χ1) is 5.12. The van der Waals surface area contributed by atoms with E-state index in [1.54, 1.807) is 13.8 Å². The Morgan fingerprint density at radius 3 is 1.17 bits per heavy atom. The molecule has 0 aliphatic rings. The Bertz CT molecular complexity index is 97.0. The maximum Gasteiger partial charge on any atom is 0.400 e. The second-order valence-electron chi connectivity index (χ2n) is 3.35. The summed E-state index contributed by atoms with van der Waals surface area (Å²) >= 11 is 0. The van der Waals surface area contributed by atoms with Gasteiger partial charge in [0.25, 0.3) is 0 Å². The molecule has 0 unspecified atom stereocenters. The minimum absolute atomic E-state index is 0.0451. The summed E-state index contributed by atoms with van der Waals surface area (Å²) in [6.07, 6.45) is 0. The standard InChI is InChI=1S/C5H12O2.CH6O3P/c1-5(2,3-6)4-7;1-5(2,3)4/h6-7H,3-4H2,1-2H3;2-4H,1H3/q;+1. The summed E-state index contributed by atoms with van der Waals surface area (Å²) in [5.74, 6) is 0. The zero-order chi connectivity index (χ0) is 10.4. The topological polar surface area (TPSA) is 101 Å². The van der Waals surface area contributed by atoms with Gasteiger partial charge in [-0.05, 0) is 0 Å². The molecule has 12 heavy (non-hydrogen) atoms. The molecule has 76 valence electrons. The summed E-state index contributed by atoms with van der Waals surface area (Å²) in [5.41, 5.74) is -0.306. The van der Waals surface area contributed by atoms with Crippen molar-refractivity contribution in [1.29, 1.82) is 0 Å². The van der Waals surface area contributed by atoms with Crippen molar-refractivity contribution < 1.29 is 24.9 Å². The molecule has 0 aromatic rings. The van der Waals surface area contributed by atoms with Gasteiger partial charge in [-0.3, -0.25) is 0 Å². The first-order valence-electron chi connectivity index (χ1n) is 3.39. The predicted molar refractivity (Wildman–Crippen MR) is 47.5 cm³/mol. The molecule has 5 nitrogen and oxygen atoms in total. The maximum atomic E-state index is 8.43. The molecule has 0 aromatic carbocycles. The molecule has 0 aliphatic carbocycles. The van der Waals surface area contributed by atoms with Gasteiger partial charge < -0.3 is 10.2 Å². The molecule has 0 atom stereocenters. The molecule has 0 rings (SSSR count). The number of rotatable bonds is 2.